The molecule has 0 spiro atoms. The van der Waals surface area contributed by atoms with Crippen LogP contribution < -0.4 is 16.8 Å². The molecule has 13 N–H and O–H groups in total. The van der Waals surface area contributed by atoms with Gasteiger partial charge >= 0.3 is 66.9 Å². The van der Waals surface area contributed by atoms with E-state index in [1.807, 2.05) is 65.8 Å². The number of nitrogens with zero attached hydrogens (tertiary/aromatic N) is 1. The number of aliphatic hydroxyl groups excluding tert-OH is 2. The van der Waals surface area contributed by atoms with Gasteiger partial charge in [0, 0.05) is 24.9 Å². The summed E-state index contributed by atoms with van der Waals surface area (Å²) in [4.78, 5) is 80.6. The molecule has 27 heteroatoms. The third-order valence-electron chi connectivity index (χ3n) is 6.72. The van der Waals surface area contributed by atoms with Crippen LogP contribution in [0.4, 0.5) is 14.4 Å². The molecule has 469 valence electrons. The van der Waals surface area contributed by atoms with Crippen LogP contribution in [0.3, 0.4) is 0 Å². The molecule has 3 atom stereocenters. The van der Waals surface area contributed by atoms with Crippen LogP contribution in [0.1, 0.15) is 162 Å². The molecule has 0 saturated carbocycles. The summed E-state index contributed by atoms with van der Waals surface area (Å²) in [6.07, 6.45) is -3.06. The molecule has 3 unspecified atom stereocenters. The number of amides is 3. The van der Waals surface area contributed by atoms with Gasteiger partial charge in [-0.15, -0.1) is 11.8 Å². The van der Waals surface area contributed by atoms with Crippen LogP contribution >= 0.6 is 24.6 Å². The number of nitrogens with two attached hydrogens (primary N) is 2. The van der Waals surface area contributed by atoms with E-state index in [0.717, 1.165) is 14.2 Å². The second kappa shape index (κ2) is 46.7. The molecule has 0 aliphatic heterocycles. The zero-order valence-corrected chi connectivity index (χ0v) is 53.4. The molecule has 2 aromatic rings. The zero-order chi connectivity index (χ0) is 66.7. The van der Waals surface area contributed by atoms with Crippen LogP contribution in [0.25, 0.3) is 11.1 Å². The van der Waals surface area contributed by atoms with Crippen molar-refractivity contribution >= 4 is 80.7 Å². The first-order valence-electron chi connectivity index (χ1n) is 24.4. The summed E-state index contributed by atoms with van der Waals surface area (Å²) in [5, 5.41) is 65.7. The van der Waals surface area contributed by atoms with E-state index >= 15 is 0 Å². The molecule has 0 aromatic heterocycles. The third-order valence-corrected chi connectivity index (χ3v) is 7.98. The number of fused-ring (bicyclic) bond motifs is 3. The van der Waals surface area contributed by atoms with Gasteiger partial charge < -0.3 is 76.6 Å². The summed E-state index contributed by atoms with van der Waals surface area (Å²) in [5.74, 6) is -4.09. The van der Waals surface area contributed by atoms with E-state index in [4.69, 9.17) is 76.1 Å². The predicted octanol–water partition coefficient (Wildman–Crippen LogP) is 8.25. The Morgan fingerprint density at radius 1 is 0.630 bits per heavy atom. The van der Waals surface area contributed by atoms with E-state index in [2.05, 4.69) is 59.1 Å². The SMILES string of the molecule is CC(C)(C)O.CC(C)(C)O.CC(C)(C)OC(N)=O.CC(NC(=O)OC(C)(C)C)C(=O)O.CC(OC(C)(C)C)C(=O)O.CC(SC(C)(C)C)C(=O)O.CO.CO.NC(=O)OCC1c2ccccc2-c2ccccc21.O=CC(=O)O.[B]=NS. The number of thioether (sulfide) groups is 1. The Kier molecular flexibility index (Phi) is 52.9. The Bertz CT molecular complexity index is 1990. The van der Waals surface area contributed by atoms with Crippen LogP contribution in [-0.4, -0.2) is 168 Å². The average Bonchev–Trinajstić information content (AvgIpc) is 3.58. The molecule has 3 amide bonds. The van der Waals surface area contributed by atoms with Gasteiger partial charge in [0.15, 0.2) is 6.10 Å². The van der Waals surface area contributed by atoms with Crippen LogP contribution in [0, 0.1) is 0 Å². The van der Waals surface area contributed by atoms with E-state index in [-0.39, 0.29) is 27.8 Å². The number of aliphatic hydroxyl groups is 4. The van der Waals surface area contributed by atoms with Gasteiger partial charge in [0.2, 0.25) is 6.29 Å². The minimum atomic E-state index is -1.43. The molecule has 1 aliphatic rings. The van der Waals surface area contributed by atoms with Gasteiger partial charge in [-0.05, 0) is 147 Å². The summed E-state index contributed by atoms with van der Waals surface area (Å²) >= 11 is 4.66. The fourth-order valence-corrected chi connectivity index (χ4v) is 5.78. The molecular weight excluding hydrogens is 1100 g/mol. The second-order valence-corrected chi connectivity index (χ2v) is 24.3. The summed E-state index contributed by atoms with van der Waals surface area (Å²) in [7, 11) is 6.34. The van der Waals surface area contributed by atoms with Crippen molar-refractivity contribution in [3.63, 3.8) is 0 Å². The number of rotatable bonds is 9. The Morgan fingerprint density at radius 2 is 0.951 bits per heavy atom. The Hall–Kier alpha value is -5.84. The van der Waals surface area contributed by atoms with Crippen molar-refractivity contribution in [2.24, 2.45) is 15.8 Å². The third kappa shape index (κ3) is 76.3. The summed E-state index contributed by atoms with van der Waals surface area (Å²) < 4.78 is 22.2. The molecule has 24 nitrogen and oxygen atoms in total. The number of benzene rings is 2. The topological polar surface area (TPSA) is 412 Å². The number of carboxylic acids is 4. The monoisotopic (exact) mass is 1200 g/mol. The van der Waals surface area contributed by atoms with Crippen molar-refractivity contribution in [1.82, 2.24) is 5.32 Å². The molecular formula is C54H98BN4O20S2. The summed E-state index contributed by atoms with van der Waals surface area (Å²) in [5.41, 5.74) is 12.1. The van der Waals surface area contributed by atoms with Crippen molar-refractivity contribution < 1.29 is 98.2 Å². The van der Waals surface area contributed by atoms with Gasteiger partial charge in [0.1, 0.15) is 23.9 Å². The fourth-order valence-electron chi connectivity index (χ4n) is 4.61. The van der Waals surface area contributed by atoms with E-state index in [1.165, 1.54) is 47.9 Å². The summed E-state index contributed by atoms with van der Waals surface area (Å²) in [6, 6.07) is 15.4. The van der Waals surface area contributed by atoms with Gasteiger partial charge in [-0.25, -0.2) is 24.0 Å². The molecule has 81 heavy (non-hydrogen) atoms. The second-order valence-electron chi connectivity index (χ2n) is 21.9. The Morgan fingerprint density at radius 3 is 1.14 bits per heavy atom. The number of nitrogens with one attached hydrogen (secondary N) is 1. The van der Waals surface area contributed by atoms with E-state index in [9.17, 15) is 28.8 Å². The first-order valence-corrected chi connectivity index (χ1v) is 25.7. The Labute approximate surface area is 491 Å². The number of alkyl carbamates (subject to hydrolysis) is 1. The van der Waals surface area contributed by atoms with Crippen molar-refractivity contribution in [3.8, 4) is 11.1 Å². The zero-order valence-electron chi connectivity index (χ0n) is 51.7. The van der Waals surface area contributed by atoms with Gasteiger partial charge in [-0.2, -0.15) is 0 Å². The van der Waals surface area contributed by atoms with Crippen LogP contribution in [0.5, 0.6) is 0 Å². The summed E-state index contributed by atoms with van der Waals surface area (Å²) in [6.45, 7) is 37.3. The number of aldehydes is 1. The van der Waals surface area contributed by atoms with Crippen molar-refractivity contribution in [2.45, 2.75) is 201 Å². The van der Waals surface area contributed by atoms with Gasteiger partial charge in [-0.3, -0.25) is 14.4 Å². The maximum absolute atomic E-state index is 11.0. The Balaban J connectivity index is -0.000000128. The number of primary amides is 2. The maximum atomic E-state index is 11.0. The number of carbonyl (C=O) groups is 8. The molecule has 0 bridgehead atoms. The van der Waals surface area contributed by atoms with Crippen molar-refractivity contribution in [2.75, 3.05) is 20.8 Å². The van der Waals surface area contributed by atoms with Crippen LogP contribution in [0.2, 0.25) is 0 Å². The number of hydrogen-bond donors (Lipinski definition) is 12. The molecule has 0 saturated heterocycles. The molecule has 2 aromatic carbocycles. The first-order chi connectivity index (χ1) is 36.2. The normalized spacial score (nSPS) is 11.9. The number of aliphatic carboxylic acids is 4. The molecule has 1 radical (unpaired) electrons. The number of ether oxygens (including phenoxy) is 4. The standard InChI is InChI=1S/C15H13NO2.C8H15NO4.C7H14O3.C7H14O2S.C5H11NO2.2C4H10O.C2H2O3.2CH4O.BHNS/c16-15(17)18-9-14-12-7-3-1-5-10(12)11-6-2-4-8-13(11)14;1-5(6(10)11)9-7(12)13-8(2,3)4;2*1-5(6(8)9)10-7(2,3)4;1-5(2,3)8-4(6)7;2*1-4(2,3)5;3-1-2(4)5;2*1-2;1-2-3/h1-8,14H,9H2,(H2,16,17);5H,1-4H3,(H,9,12)(H,10,11);2*5H,1-4H3,(H,8,9);1-3H3,(H2,6,7);2*5H,1-3H3;1H,(H,4,5);2*2H,1H3;3H. The predicted molar refractivity (Wildman–Crippen MR) is 320 cm³/mol. The van der Waals surface area contributed by atoms with E-state index in [0.29, 0.717) is 6.61 Å². The van der Waals surface area contributed by atoms with Crippen molar-refractivity contribution in [3.05, 3.63) is 59.7 Å². The number of thiol groups is 1. The number of carboxylic acid groups (broad SMARTS) is 4. The van der Waals surface area contributed by atoms with Gasteiger partial charge in [0.25, 0.3) is 0 Å². The minimum absolute atomic E-state index is 0.0395. The van der Waals surface area contributed by atoms with Crippen molar-refractivity contribution in [1.29, 1.82) is 0 Å². The van der Waals surface area contributed by atoms with E-state index < -0.39 is 76.7 Å². The average molecular weight is 1200 g/mol. The fraction of sp³-hybridized carbons (Fsp3) is 0.630. The van der Waals surface area contributed by atoms with Gasteiger partial charge in [0.05, 0.1) is 22.1 Å². The van der Waals surface area contributed by atoms with Crippen LogP contribution in [-0.2, 0) is 42.9 Å². The van der Waals surface area contributed by atoms with Gasteiger partial charge in [-0.1, -0.05) is 69.3 Å². The molecule has 0 heterocycles. The molecule has 1 aliphatic carbocycles. The number of hydrogen-bond acceptors (Lipinski definition) is 19. The van der Waals surface area contributed by atoms with Crippen LogP contribution in [0.15, 0.2) is 52.8 Å². The first kappa shape index (κ1) is 91.6. The quantitative estimate of drug-likeness (QED) is 0.0369. The molecule has 3 rings (SSSR count). The molecule has 0 fully saturated rings. The van der Waals surface area contributed by atoms with E-state index in [1.54, 1.807) is 90.0 Å². The number of carbonyl (C=O) groups excluding carboxylic acids is 4.